The highest BCUT2D eigenvalue weighted by Crippen LogP contribution is 2.29. The van der Waals surface area contributed by atoms with Gasteiger partial charge in [-0.25, -0.2) is 9.78 Å². The second-order valence-electron chi connectivity index (χ2n) is 8.76. The molecule has 1 saturated heterocycles. The van der Waals surface area contributed by atoms with E-state index in [1.165, 1.54) is 15.9 Å². The van der Waals surface area contributed by atoms with E-state index < -0.39 is 0 Å². The van der Waals surface area contributed by atoms with Crippen molar-refractivity contribution in [1.29, 1.82) is 0 Å². The SMILES string of the molecule is COc1ccc(OC)c(NC(=O)N2CCN(Cc3cc(=O)n4nc(-c5ccccc5C)sc4n3)CC2)c1. The lowest BCUT2D eigenvalue weighted by Gasteiger charge is -2.34. The van der Waals surface area contributed by atoms with E-state index in [0.29, 0.717) is 60.6 Å². The van der Waals surface area contributed by atoms with E-state index in [1.54, 1.807) is 43.4 Å². The zero-order valence-electron chi connectivity index (χ0n) is 20.9. The van der Waals surface area contributed by atoms with Gasteiger partial charge in [-0.1, -0.05) is 35.6 Å². The molecule has 0 spiro atoms. The largest absolute Gasteiger partial charge is 0.497 e. The first-order chi connectivity index (χ1) is 17.9. The monoisotopic (exact) mass is 520 g/mol. The van der Waals surface area contributed by atoms with E-state index in [4.69, 9.17) is 14.5 Å². The van der Waals surface area contributed by atoms with E-state index in [0.717, 1.165) is 16.1 Å². The number of carbonyl (C=O) groups is 1. The van der Waals surface area contributed by atoms with Crippen molar-refractivity contribution in [3.05, 3.63) is 70.1 Å². The number of urea groups is 1. The number of aryl methyl sites for hydroxylation is 1. The second-order valence-corrected chi connectivity index (χ2v) is 9.72. The van der Waals surface area contributed by atoms with Crippen molar-refractivity contribution in [2.24, 2.45) is 0 Å². The van der Waals surface area contributed by atoms with Gasteiger partial charge in [0, 0.05) is 50.4 Å². The van der Waals surface area contributed by atoms with Crippen LogP contribution in [0, 0.1) is 6.92 Å². The fourth-order valence-corrected chi connectivity index (χ4v) is 5.32. The van der Waals surface area contributed by atoms with E-state index in [-0.39, 0.29) is 11.6 Å². The number of amides is 2. The zero-order chi connectivity index (χ0) is 25.9. The molecule has 11 heteroatoms. The van der Waals surface area contributed by atoms with Gasteiger partial charge in [0.05, 0.1) is 25.6 Å². The molecular weight excluding hydrogens is 492 g/mol. The summed E-state index contributed by atoms with van der Waals surface area (Å²) < 4.78 is 12.0. The number of piperazine rings is 1. The predicted octanol–water partition coefficient (Wildman–Crippen LogP) is 3.49. The minimum absolute atomic E-state index is 0.193. The summed E-state index contributed by atoms with van der Waals surface area (Å²) in [7, 11) is 3.13. The number of aromatic nitrogens is 3. The molecule has 1 aliphatic rings. The molecule has 0 saturated carbocycles. The Morgan fingerprint density at radius 1 is 1.05 bits per heavy atom. The molecule has 0 atom stereocenters. The van der Waals surface area contributed by atoms with Crippen LogP contribution < -0.4 is 20.3 Å². The maximum atomic E-state index is 12.9. The molecular formula is C26H28N6O4S. The Balaban J connectivity index is 1.23. The van der Waals surface area contributed by atoms with E-state index in [1.807, 2.05) is 31.2 Å². The van der Waals surface area contributed by atoms with E-state index in [2.05, 4.69) is 15.3 Å². The highest BCUT2D eigenvalue weighted by atomic mass is 32.1. The summed E-state index contributed by atoms with van der Waals surface area (Å²) in [6.07, 6.45) is 0. The fraction of sp³-hybridized carbons (Fsp3) is 0.308. The maximum absolute atomic E-state index is 12.9. The Labute approximate surface area is 218 Å². The summed E-state index contributed by atoms with van der Waals surface area (Å²) >= 11 is 1.41. The second kappa shape index (κ2) is 10.6. The highest BCUT2D eigenvalue weighted by molar-refractivity contribution is 7.19. The minimum Gasteiger partial charge on any atom is -0.497 e. The van der Waals surface area contributed by atoms with Gasteiger partial charge in [-0.05, 0) is 24.6 Å². The number of hydrogen-bond donors (Lipinski definition) is 1. The van der Waals surface area contributed by atoms with Crippen LogP contribution in [0.4, 0.5) is 10.5 Å². The topological polar surface area (TPSA) is 101 Å². The van der Waals surface area contributed by atoms with Gasteiger partial charge in [-0.15, -0.1) is 0 Å². The summed E-state index contributed by atoms with van der Waals surface area (Å²) in [6, 6.07) is 14.6. The molecule has 37 heavy (non-hydrogen) atoms. The number of nitrogens with zero attached hydrogens (tertiary/aromatic N) is 5. The molecule has 2 amide bonds. The van der Waals surface area contributed by atoms with Crippen molar-refractivity contribution in [2.75, 3.05) is 45.7 Å². The number of rotatable bonds is 6. The first-order valence-corrected chi connectivity index (χ1v) is 12.7. The van der Waals surface area contributed by atoms with Crippen molar-refractivity contribution < 1.29 is 14.3 Å². The Morgan fingerprint density at radius 3 is 2.57 bits per heavy atom. The number of nitrogens with one attached hydrogen (secondary N) is 1. The Kier molecular flexibility index (Phi) is 7.06. The summed E-state index contributed by atoms with van der Waals surface area (Å²) in [4.78, 5) is 34.9. The van der Waals surface area contributed by atoms with Crippen molar-refractivity contribution >= 4 is 28.0 Å². The molecule has 2 aromatic carbocycles. The molecule has 3 heterocycles. The minimum atomic E-state index is -0.197. The van der Waals surface area contributed by atoms with Gasteiger partial charge in [0.2, 0.25) is 4.96 Å². The third kappa shape index (κ3) is 5.27. The summed E-state index contributed by atoms with van der Waals surface area (Å²) in [5.41, 5.74) is 3.16. The van der Waals surface area contributed by atoms with Crippen molar-refractivity contribution in [3.8, 4) is 22.1 Å². The van der Waals surface area contributed by atoms with Crippen molar-refractivity contribution in [1.82, 2.24) is 24.4 Å². The number of ether oxygens (including phenoxy) is 2. The standard InChI is InChI=1S/C26H28N6O4S/c1-17-6-4-5-7-20(17)24-29-32-23(33)14-18(27-26(32)37-24)16-30-10-12-31(13-11-30)25(34)28-21-15-19(35-2)8-9-22(21)36-3/h4-9,14-15H,10-13,16H2,1-3H3,(H,28,34). The van der Waals surface area contributed by atoms with Crippen LogP contribution in [0.3, 0.4) is 0 Å². The lowest BCUT2D eigenvalue weighted by atomic mass is 10.1. The quantitative estimate of drug-likeness (QED) is 0.415. The number of methoxy groups -OCH3 is 2. The number of benzene rings is 2. The lowest BCUT2D eigenvalue weighted by Crippen LogP contribution is -2.49. The molecule has 1 aliphatic heterocycles. The molecule has 192 valence electrons. The normalized spacial score (nSPS) is 14.1. The van der Waals surface area contributed by atoms with Crippen LogP contribution in [0.5, 0.6) is 11.5 Å². The molecule has 4 aromatic rings. The van der Waals surface area contributed by atoms with Gasteiger partial charge in [-0.2, -0.15) is 9.61 Å². The molecule has 10 nitrogen and oxygen atoms in total. The van der Waals surface area contributed by atoms with Crippen LogP contribution in [0.1, 0.15) is 11.3 Å². The number of hydrogen-bond acceptors (Lipinski definition) is 8. The van der Waals surface area contributed by atoms with Crippen LogP contribution >= 0.6 is 11.3 Å². The van der Waals surface area contributed by atoms with Crippen LogP contribution in [-0.2, 0) is 6.54 Å². The average Bonchev–Trinajstić information content (AvgIpc) is 3.34. The van der Waals surface area contributed by atoms with Crippen molar-refractivity contribution in [3.63, 3.8) is 0 Å². The molecule has 1 N–H and O–H groups in total. The lowest BCUT2D eigenvalue weighted by molar-refractivity contribution is 0.142. The molecule has 5 rings (SSSR count). The van der Waals surface area contributed by atoms with Crippen molar-refractivity contribution in [2.45, 2.75) is 13.5 Å². The summed E-state index contributed by atoms with van der Waals surface area (Å²) in [5.74, 6) is 1.20. The molecule has 0 aliphatic carbocycles. The maximum Gasteiger partial charge on any atom is 0.322 e. The van der Waals surface area contributed by atoms with Crippen LogP contribution in [0.15, 0.2) is 53.3 Å². The van der Waals surface area contributed by atoms with Gasteiger partial charge in [0.1, 0.15) is 16.5 Å². The summed E-state index contributed by atoms with van der Waals surface area (Å²) in [5, 5.41) is 8.19. The van der Waals surface area contributed by atoms with Gasteiger partial charge in [0.15, 0.2) is 0 Å². The molecule has 0 radical (unpaired) electrons. The average molecular weight is 521 g/mol. The van der Waals surface area contributed by atoms with Gasteiger partial charge < -0.3 is 19.7 Å². The Bertz CT molecular complexity index is 1490. The first-order valence-electron chi connectivity index (χ1n) is 11.9. The highest BCUT2D eigenvalue weighted by Gasteiger charge is 2.23. The number of fused-ring (bicyclic) bond motifs is 1. The third-order valence-electron chi connectivity index (χ3n) is 6.37. The first kappa shape index (κ1) is 24.7. The molecule has 0 bridgehead atoms. The molecule has 1 fully saturated rings. The number of anilines is 1. The van der Waals surface area contributed by atoms with E-state index >= 15 is 0 Å². The third-order valence-corrected chi connectivity index (χ3v) is 7.31. The Hall–Kier alpha value is -3.96. The van der Waals surface area contributed by atoms with E-state index in [9.17, 15) is 9.59 Å². The fourth-order valence-electron chi connectivity index (χ4n) is 4.30. The zero-order valence-corrected chi connectivity index (χ0v) is 21.7. The Morgan fingerprint density at radius 2 is 1.84 bits per heavy atom. The molecule has 0 unspecified atom stereocenters. The summed E-state index contributed by atoms with van der Waals surface area (Å²) in [6.45, 7) is 5.00. The smallest absolute Gasteiger partial charge is 0.322 e. The molecule has 2 aromatic heterocycles. The van der Waals surface area contributed by atoms with Crippen LogP contribution in [0.25, 0.3) is 15.5 Å². The van der Waals surface area contributed by atoms with Gasteiger partial charge in [0.25, 0.3) is 5.56 Å². The van der Waals surface area contributed by atoms with Crippen LogP contribution in [0.2, 0.25) is 0 Å². The number of carbonyl (C=O) groups excluding carboxylic acids is 1. The van der Waals surface area contributed by atoms with Crippen LogP contribution in [-0.4, -0.2) is 70.8 Å². The van der Waals surface area contributed by atoms with Gasteiger partial charge in [-0.3, -0.25) is 9.69 Å². The predicted molar refractivity (Wildman–Crippen MR) is 143 cm³/mol. The van der Waals surface area contributed by atoms with Gasteiger partial charge >= 0.3 is 6.03 Å².